The van der Waals surface area contributed by atoms with Crippen molar-refractivity contribution in [3.8, 4) is 0 Å². The molecule has 96 valence electrons. The Morgan fingerprint density at radius 2 is 2.31 bits per heavy atom. The van der Waals surface area contributed by atoms with E-state index in [1.165, 1.54) is 0 Å². The molecule has 16 heavy (non-hydrogen) atoms. The SMILES string of the molecule is CCC1CC(NCCC(C)S(C)=O)CCO1. The molecule has 0 bridgehead atoms. The lowest BCUT2D eigenvalue weighted by Gasteiger charge is -2.29. The molecule has 4 unspecified atom stereocenters. The monoisotopic (exact) mass is 247 g/mol. The molecule has 1 rings (SSSR count). The average Bonchev–Trinajstić information content (AvgIpc) is 2.29. The van der Waals surface area contributed by atoms with E-state index in [0.29, 0.717) is 17.4 Å². The third-order valence-electron chi connectivity index (χ3n) is 3.37. The molecule has 0 saturated carbocycles. The summed E-state index contributed by atoms with van der Waals surface area (Å²) in [6, 6.07) is 0.594. The lowest BCUT2D eigenvalue weighted by Crippen LogP contribution is -2.39. The number of ether oxygens (including phenoxy) is 1. The van der Waals surface area contributed by atoms with Crippen LogP contribution < -0.4 is 5.32 Å². The van der Waals surface area contributed by atoms with Crippen LogP contribution in [0.15, 0.2) is 0 Å². The molecular weight excluding hydrogens is 222 g/mol. The van der Waals surface area contributed by atoms with Crippen molar-refractivity contribution in [3.63, 3.8) is 0 Å². The van der Waals surface area contributed by atoms with Gasteiger partial charge >= 0.3 is 0 Å². The minimum atomic E-state index is -0.690. The highest BCUT2D eigenvalue weighted by atomic mass is 32.2. The third-order valence-corrected chi connectivity index (χ3v) is 4.74. The standard InChI is InChI=1S/C12H25NO2S/c1-4-12-9-11(6-8-15-12)13-7-5-10(2)16(3)14/h10-13H,4-9H2,1-3H3. The van der Waals surface area contributed by atoms with E-state index in [2.05, 4.69) is 19.2 Å². The Kier molecular flexibility index (Phi) is 6.54. The van der Waals surface area contributed by atoms with Gasteiger partial charge in [-0.05, 0) is 32.2 Å². The lowest BCUT2D eigenvalue weighted by molar-refractivity contribution is 0.0000295. The van der Waals surface area contributed by atoms with Crippen LogP contribution in [0.3, 0.4) is 0 Å². The van der Waals surface area contributed by atoms with Gasteiger partial charge in [0.05, 0.1) is 6.10 Å². The quantitative estimate of drug-likeness (QED) is 0.776. The Morgan fingerprint density at radius 1 is 1.56 bits per heavy atom. The van der Waals surface area contributed by atoms with Gasteiger partial charge in [0, 0.05) is 35.0 Å². The highest BCUT2D eigenvalue weighted by Crippen LogP contribution is 2.16. The second-order valence-electron chi connectivity index (χ2n) is 4.67. The van der Waals surface area contributed by atoms with Crippen LogP contribution in [0, 0.1) is 0 Å². The predicted octanol–water partition coefficient (Wildman–Crippen LogP) is 1.69. The Labute approximate surface area is 102 Å². The first kappa shape index (κ1) is 14.1. The van der Waals surface area contributed by atoms with Gasteiger partial charge in [-0.25, -0.2) is 0 Å². The Bertz CT molecular complexity index is 223. The van der Waals surface area contributed by atoms with Gasteiger partial charge in [-0.2, -0.15) is 0 Å². The van der Waals surface area contributed by atoms with Gasteiger partial charge in [-0.15, -0.1) is 0 Å². The largest absolute Gasteiger partial charge is 0.378 e. The summed E-state index contributed by atoms with van der Waals surface area (Å²) in [6.07, 6.45) is 6.56. The number of nitrogens with one attached hydrogen (secondary N) is 1. The van der Waals surface area contributed by atoms with E-state index in [1.807, 2.05) is 0 Å². The molecule has 1 aliphatic rings. The van der Waals surface area contributed by atoms with E-state index in [1.54, 1.807) is 6.26 Å². The molecule has 1 aliphatic heterocycles. The van der Waals surface area contributed by atoms with Gasteiger partial charge in [-0.1, -0.05) is 13.8 Å². The molecule has 3 nitrogen and oxygen atoms in total. The molecule has 0 aromatic carbocycles. The van der Waals surface area contributed by atoms with Crippen molar-refractivity contribution < 1.29 is 8.95 Å². The third kappa shape index (κ3) is 4.93. The molecule has 0 amide bonds. The van der Waals surface area contributed by atoms with Crippen molar-refractivity contribution in [2.24, 2.45) is 0 Å². The zero-order valence-corrected chi connectivity index (χ0v) is 11.5. The molecule has 1 fully saturated rings. The van der Waals surface area contributed by atoms with Crippen molar-refractivity contribution >= 4 is 10.8 Å². The molecule has 0 aliphatic carbocycles. The predicted molar refractivity (Wildman–Crippen MR) is 69.2 cm³/mol. The Morgan fingerprint density at radius 3 is 2.94 bits per heavy atom. The van der Waals surface area contributed by atoms with Crippen LogP contribution in [0.2, 0.25) is 0 Å². The highest BCUT2D eigenvalue weighted by molar-refractivity contribution is 7.84. The summed E-state index contributed by atoms with van der Waals surface area (Å²) in [7, 11) is -0.690. The zero-order valence-electron chi connectivity index (χ0n) is 10.7. The summed E-state index contributed by atoms with van der Waals surface area (Å²) in [5.41, 5.74) is 0. The second kappa shape index (κ2) is 7.41. The Hall–Kier alpha value is 0.0700. The van der Waals surface area contributed by atoms with Gasteiger partial charge in [0.25, 0.3) is 0 Å². The molecule has 0 radical (unpaired) electrons. The van der Waals surface area contributed by atoms with Crippen molar-refractivity contribution in [2.45, 2.75) is 56.9 Å². The number of hydrogen-bond acceptors (Lipinski definition) is 3. The maximum Gasteiger partial charge on any atom is 0.0587 e. The minimum Gasteiger partial charge on any atom is -0.378 e. The van der Waals surface area contributed by atoms with Crippen LogP contribution in [0.4, 0.5) is 0 Å². The van der Waals surface area contributed by atoms with Crippen molar-refractivity contribution in [2.75, 3.05) is 19.4 Å². The van der Waals surface area contributed by atoms with Crippen LogP contribution in [0.1, 0.15) is 39.5 Å². The van der Waals surface area contributed by atoms with E-state index in [-0.39, 0.29) is 0 Å². The summed E-state index contributed by atoms with van der Waals surface area (Å²) >= 11 is 0. The first-order chi connectivity index (χ1) is 7.63. The first-order valence-electron chi connectivity index (χ1n) is 6.30. The topological polar surface area (TPSA) is 38.3 Å². The van der Waals surface area contributed by atoms with Crippen molar-refractivity contribution in [3.05, 3.63) is 0 Å². The summed E-state index contributed by atoms with van der Waals surface area (Å²) in [5, 5.41) is 3.86. The van der Waals surface area contributed by atoms with Crippen LogP contribution in [-0.2, 0) is 15.5 Å². The van der Waals surface area contributed by atoms with Crippen molar-refractivity contribution in [1.82, 2.24) is 5.32 Å². The number of hydrogen-bond donors (Lipinski definition) is 1. The van der Waals surface area contributed by atoms with E-state index >= 15 is 0 Å². The highest BCUT2D eigenvalue weighted by Gasteiger charge is 2.20. The van der Waals surface area contributed by atoms with E-state index in [4.69, 9.17) is 4.74 Å². The molecule has 0 aromatic heterocycles. The molecule has 0 aromatic rings. The zero-order chi connectivity index (χ0) is 12.0. The fraction of sp³-hybridized carbons (Fsp3) is 1.00. The minimum absolute atomic E-state index is 0.300. The molecule has 1 saturated heterocycles. The molecule has 0 spiro atoms. The fourth-order valence-corrected chi connectivity index (χ4v) is 2.46. The summed E-state index contributed by atoms with van der Waals surface area (Å²) in [6.45, 7) is 6.08. The lowest BCUT2D eigenvalue weighted by atomic mass is 10.0. The molecule has 4 atom stereocenters. The molecular formula is C12H25NO2S. The van der Waals surface area contributed by atoms with E-state index in [9.17, 15) is 4.21 Å². The van der Waals surface area contributed by atoms with Crippen molar-refractivity contribution in [1.29, 1.82) is 0 Å². The normalized spacial score (nSPS) is 29.9. The van der Waals surface area contributed by atoms with Crippen LogP contribution in [0.5, 0.6) is 0 Å². The summed E-state index contributed by atoms with van der Waals surface area (Å²) in [4.78, 5) is 0. The van der Waals surface area contributed by atoms with Gasteiger partial charge in [0.1, 0.15) is 0 Å². The van der Waals surface area contributed by atoms with E-state index in [0.717, 1.165) is 38.8 Å². The van der Waals surface area contributed by atoms with Gasteiger partial charge in [-0.3, -0.25) is 4.21 Å². The fourth-order valence-electron chi connectivity index (χ4n) is 2.01. The van der Waals surface area contributed by atoms with Gasteiger partial charge < -0.3 is 10.1 Å². The smallest absolute Gasteiger partial charge is 0.0587 e. The van der Waals surface area contributed by atoms with Crippen LogP contribution in [0.25, 0.3) is 0 Å². The van der Waals surface area contributed by atoms with Crippen LogP contribution >= 0.6 is 0 Å². The number of rotatable bonds is 6. The van der Waals surface area contributed by atoms with E-state index < -0.39 is 10.8 Å². The maximum atomic E-state index is 11.2. The molecule has 1 heterocycles. The van der Waals surface area contributed by atoms with Gasteiger partial charge in [0.15, 0.2) is 0 Å². The second-order valence-corrected chi connectivity index (χ2v) is 6.48. The average molecular weight is 247 g/mol. The molecule has 4 heteroatoms. The first-order valence-corrected chi connectivity index (χ1v) is 7.92. The Balaban J connectivity index is 2.15. The summed E-state index contributed by atoms with van der Waals surface area (Å²) < 4.78 is 16.8. The summed E-state index contributed by atoms with van der Waals surface area (Å²) in [5.74, 6) is 0. The maximum absolute atomic E-state index is 11.2. The molecule has 1 N–H and O–H groups in total. The van der Waals surface area contributed by atoms with Gasteiger partial charge in [0.2, 0.25) is 0 Å². The van der Waals surface area contributed by atoms with Crippen LogP contribution in [-0.4, -0.2) is 41.0 Å².